The number of aliphatic hydroxyl groups excluding tert-OH is 1. The van der Waals surface area contributed by atoms with Crippen LogP contribution in [0.3, 0.4) is 0 Å². The summed E-state index contributed by atoms with van der Waals surface area (Å²) in [6.07, 6.45) is 0.970. The largest absolute Gasteiger partial charge is 0.391 e. The molecule has 6 nitrogen and oxygen atoms in total. The van der Waals surface area contributed by atoms with Gasteiger partial charge in [0.05, 0.1) is 16.6 Å². The molecule has 2 rings (SSSR count). The van der Waals surface area contributed by atoms with Gasteiger partial charge >= 0.3 is 0 Å². The smallest absolute Gasteiger partial charge is 0.270 e. The molecule has 1 aromatic carbocycles. The maximum Gasteiger partial charge on any atom is 0.270 e. The van der Waals surface area contributed by atoms with Gasteiger partial charge < -0.3 is 10.0 Å². The van der Waals surface area contributed by atoms with Gasteiger partial charge in [-0.3, -0.25) is 14.9 Å². The first-order valence-corrected chi connectivity index (χ1v) is 6.69. The van der Waals surface area contributed by atoms with Crippen molar-refractivity contribution in [1.82, 2.24) is 4.90 Å². The summed E-state index contributed by atoms with van der Waals surface area (Å²) < 4.78 is 0.395. The van der Waals surface area contributed by atoms with Crippen molar-refractivity contribution in [3.8, 4) is 0 Å². The van der Waals surface area contributed by atoms with Gasteiger partial charge in [-0.15, -0.1) is 0 Å². The summed E-state index contributed by atoms with van der Waals surface area (Å²) in [5.74, 6) is -0.222. The number of likely N-dealkylation sites (tertiary alicyclic amines) is 1. The zero-order valence-electron chi connectivity index (χ0n) is 10.1. The Kier molecular flexibility index (Phi) is 4.16. The predicted octanol–water partition coefficient (Wildman–Crippen LogP) is 1.95. The summed E-state index contributed by atoms with van der Waals surface area (Å²) >= 11 is 3.18. The van der Waals surface area contributed by atoms with Gasteiger partial charge in [-0.1, -0.05) is 0 Å². The van der Waals surface area contributed by atoms with Crippen LogP contribution in [0.1, 0.15) is 23.2 Å². The minimum atomic E-state index is -0.510. The molecule has 1 aromatic rings. The van der Waals surface area contributed by atoms with Crippen LogP contribution in [0.25, 0.3) is 0 Å². The number of nitro benzene ring substituents is 1. The summed E-state index contributed by atoms with van der Waals surface area (Å²) in [4.78, 5) is 24.0. The van der Waals surface area contributed by atoms with Crippen molar-refractivity contribution in [2.24, 2.45) is 0 Å². The molecule has 0 spiro atoms. The van der Waals surface area contributed by atoms with Crippen molar-refractivity contribution in [2.45, 2.75) is 18.9 Å². The third-order valence-electron chi connectivity index (χ3n) is 3.08. The molecule has 1 saturated heterocycles. The minimum Gasteiger partial charge on any atom is -0.391 e. The van der Waals surface area contributed by atoms with E-state index in [4.69, 9.17) is 0 Å². The number of amides is 1. The number of carbonyl (C=O) groups excluding carboxylic acids is 1. The SMILES string of the molecule is O=C(c1ccc([N+](=O)[O-])cc1Br)N1CCCC(O)C1. The number of aliphatic hydroxyl groups is 1. The molecular formula is C12H13BrN2O4. The number of nitro groups is 1. The van der Waals surface area contributed by atoms with Crippen molar-refractivity contribution in [3.63, 3.8) is 0 Å². The van der Waals surface area contributed by atoms with Gasteiger partial charge in [-0.2, -0.15) is 0 Å². The molecule has 0 aliphatic carbocycles. The monoisotopic (exact) mass is 328 g/mol. The first-order chi connectivity index (χ1) is 8.99. The standard InChI is InChI=1S/C12H13BrN2O4/c13-11-6-8(15(18)19)3-4-10(11)12(17)14-5-1-2-9(16)7-14/h3-4,6,9,16H,1-2,5,7H2. The van der Waals surface area contributed by atoms with Crippen LogP contribution < -0.4 is 0 Å². The lowest BCUT2D eigenvalue weighted by molar-refractivity contribution is -0.384. The second-order valence-electron chi connectivity index (χ2n) is 4.47. The number of halogens is 1. The number of carbonyl (C=O) groups is 1. The highest BCUT2D eigenvalue weighted by atomic mass is 79.9. The lowest BCUT2D eigenvalue weighted by Crippen LogP contribution is -2.42. The van der Waals surface area contributed by atoms with Crippen molar-refractivity contribution in [2.75, 3.05) is 13.1 Å². The number of piperidine rings is 1. The molecule has 0 aromatic heterocycles. The summed E-state index contributed by atoms with van der Waals surface area (Å²) in [5, 5.41) is 20.2. The Hall–Kier alpha value is -1.47. The number of β-amino-alcohol motifs (C(OH)–C–C–N with tert-alkyl or cyclic N) is 1. The molecule has 1 amide bonds. The fourth-order valence-corrected chi connectivity index (χ4v) is 2.64. The van der Waals surface area contributed by atoms with Crippen LogP contribution in [0.15, 0.2) is 22.7 Å². The molecule has 1 atom stereocenters. The average Bonchev–Trinajstić information content (AvgIpc) is 2.37. The fraction of sp³-hybridized carbons (Fsp3) is 0.417. The van der Waals surface area contributed by atoms with Gasteiger partial charge in [0.15, 0.2) is 0 Å². The molecule has 0 bridgehead atoms. The second kappa shape index (κ2) is 5.66. The lowest BCUT2D eigenvalue weighted by atomic mass is 10.1. The summed E-state index contributed by atoms with van der Waals surface area (Å²) in [6.45, 7) is 0.904. The van der Waals surface area contributed by atoms with E-state index in [1.807, 2.05) is 0 Å². The van der Waals surface area contributed by atoms with Gasteiger partial charge in [0.1, 0.15) is 0 Å². The van der Waals surface area contributed by atoms with E-state index in [0.717, 1.165) is 6.42 Å². The molecule has 1 heterocycles. The zero-order valence-corrected chi connectivity index (χ0v) is 11.7. The minimum absolute atomic E-state index is 0.0675. The molecule has 1 aliphatic rings. The topological polar surface area (TPSA) is 83.7 Å². The normalized spacial score (nSPS) is 19.3. The van der Waals surface area contributed by atoms with Crippen molar-refractivity contribution >= 4 is 27.5 Å². The molecule has 1 N–H and O–H groups in total. The van der Waals surface area contributed by atoms with E-state index in [2.05, 4.69) is 15.9 Å². The first-order valence-electron chi connectivity index (χ1n) is 5.90. The highest BCUT2D eigenvalue weighted by molar-refractivity contribution is 9.10. The van der Waals surface area contributed by atoms with Gasteiger partial charge in [0.25, 0.3) is 11.6 Å². The Morgan fingerprint density at radius 3 is 2.84 bits per heavy atom. The third-order valence-corrected chi connectivity index (χ3v) is 3.73. The van der Waals surface area contributed by atoms with E-state index in [0.29, 0.717) is 29.5 Å². The van der Waals surface area contributed by atoms with Gasteiger partial charge in [-0.05, 0) is 34.8 Å². The Bertz CT molecular complexity index is 520. The molecule has 7 heteroatoms. The quantitative estimate of drug-likeness (QED) is 0.664. The maximum absolute atomic E-state index is 12.3. The molecular weight excluding hydrogens is 316 g/mol. The van der Waals surface area contributed by atoms with Crippen LogP contribution in [0.4, 0.5) is 5.69 Å². The Balaban J connectivity index is 2.21. The Morgan fingerprint density at radius 1 is 1.53 bits per heavy atom. The van der Waals surface area contributed by atoms with E-state index in [1.54, 1.807) is 4.90 Å². The van der Waals surface area contributed by atoms with E-state index >= 15 is 0 Å². The van der Waals surface area contributed by atoms with E-state index in [-0.39, 0.29) is 11.6 Å². The van der Waals surface area contributed by atoms with Gasteiger partial charge in [0.2, 0.25) is 0 Å². The van der Waals surface area contributed by atoms with Crippen molar-refractivity contribution < 1.29 is 14.8 Å². The molecule has 1 fully saturated rings. The summed E-state index contributed by atoms with van der Waals surface area (Å²) in [5.41, 5.74) is 0.307. The van der Waals surface area contributed by atoms with Crippen LogP contribution in [-0.2, 0) is 0 Å². The van der Waals surface area contributed by atoms with Crippen molar-refractivity contribution in [3.05, 3.63) is 38.3 Å². The van der Waals surface area contributed by atoms with Crippen LogP contribution in [0.5, 0.6) is 0 Å². The van der Waals surface area contributed by atoms with Crippen LogP contribution in [0, 0.1) is 10.1 Å². The average molecular weight is 329 g/mol. The molecule has 19 heavy (non-hydrogen) atoms. The number of non-ortho nitro benzene ring substituents is 1. The zero-order chi connectivity index (χ0) is 14.0. The van der Waals surface area contributed by atoms with Gasteiger partial charge in [0, 0.05) is 29.7 Å². The number of nitrogens with zero attached hydrogens (tertiary/aromatic N) is 2. The summed E-state index contributed by atoms with van der Waals surface area (Å²) in [7, 11) is 0. The number of hydrogen-bond acceptors (Lipinski definition) is 4. The Labute approximate surface area is 118 Å². The van der Waals surface area contributed by atoms with Crippen LogP contribution >= 0.6 is 15.9 Å². The van der Waals surface area contributed by atoms with Gasteiger partial charge in [-0.25, -0.2) is 0 Å². The number of rotatable bonds is 2. The molecule has 0 radical (unpaired) electrons. The van der Waals surface area contributed by atoms with E-state index < -0.39 is 11.0 Å². The van der Waals surface area contributed by atoms with Crippen molar-refractivity contribution in [1.29, 1.82) is 0 Å². The summed E-state index contributed by atoms with van der Waals surface area (Å²) in [6, 6.07) is 4.05. The second-order valence-corrected chi connectivity index (χ2v) is 5.32. The Morgan fingerprint density at radius 2 is 2.26 bits per heavy atom. The molecule has 102 valence electrons. The highest BCUT2D eigenvalue weighted by Gasteiger charge is 2.25. The highest BCUT2D eigenvalue weighted by Crippen LogP contribution is 2.25. The molecule has 1 aliphatic heterocycles. The van der Waals surface area contributed by atoms with Crippen LogP contribution in [-0.4, -0.2) is 40.0 Å². The lowest BCUT2D eigenvalue weighted by Gasteiger charge is -2.30. The molecule has 0 saturated carbocycles. The van der Waals surface area contributed by atoms with E-state index in [9.17, 15) is 20.0 Å². The number of hydrogen-bond donors (Lipinski definition) is 1. The van der Waals surface area contributed by atoms with E-state index in [1.165, 1.54) is 18.2 Å². The molecule has 1 unspecified atom stereocenters. The fourth-order valence-electron chi connectivity index (χ4n) is 2.10. The maximum atomic E-state index is 12.3. The van der Waals surface area contributed by atoms with Crippen LogP contribution in [0.2, 0.25) is 0 Å². The third kappa shape index (κ3) is 3.10. The number of benzene rings is 1. The first kappa shape index (κ1) is 14.0. The predicted molar refractivity (Wildman–Crippen MR) is 71.9 cm³/mol.